The molecule has 0 radical (unpaired) electrons. The molecule has 0 bridgehead atoms. The molecular formula is C22H37NaO4S. The smallest absolute Gasteiger partial charge is 0.748 e. The fraction of sp³-hybridized carbons (Fsp3) is 0.727. The SMILES string of the molecule is CCCCCCc1cc(CCCCCC)cc(OC(C)CCS(=O)(=O)[O-])c1.[Na+]. The molecule has 1 atom stereocenters. The molecular weight excluding hydrogens is 383 g/mol. The van der Waals surface area contributed by atoms with Crippen LogP contribution in [0.2, 0.25) is 0 Å². The van der Waals surface area contributed by atoms with Crippen molar-refractivity contribution in [3.8, 4) is 5.75 Å². The number of unbranched alkanes of at least 4 members (excludes halogenated alkanes) is 6. The van der Waals surface area contributed by atoms with Crippen molar-refractivity contribution in [1.82, 2.24) is 0 Å². The molecule has 0 saturated heterocycles. The predicted molar refractivity (Wildman–Crippen MR) is 111 cm³/mol. The van der Waals surface area contributed by atoms with Gasteiger partial charge < -0.3 is 9.29 Å². The summed E-state index contributed by atoms with van der Waals surface area (Å²) in [6, 6.07) is 6.44. The quantitative estimate of drug-likeness (QED) is 0.249. The third-order valence-electron chi connectivity index (χ3n) is 4.78. The van der Waals surface area contributed by atoms with Crippen molar-refractivity contribution >= 4 is 10.1 Å². The topological polar surface area (TPSA) is 66.4 Å². The summed E-state index contributed by atoms with van der Waals surface area (Å²) in [5.41, 5.74) is 2.58. The van der Waals surface area contributed by atoms with Gasteiger partial charge in [-0.15, -0.1) is 0 Å². The first-order valence-electron chi connectivity index (χ1n) is 10.6. The first-order valence-corrected chi connectivity index (χ1v) is 12.1. The summed E-state index contributed by atoms with van der Waals surface area (Å²) in [7, 11) is -4.19. The number of rotatable bonds is 15. The van der Waals surface area contributed by atoms with Gasteiger partial charge in [-0.3, -0.25) is 0 Å². The fourth-order valence-electron chi connectivity index (χ4n) is 3.20. The molecule has 0 N–H and O–H groups in total. The molecule has 0 aromatic heterocycles. The number of hydrogen-bond acceptors (Lipinski definition) is 4. The number of ether oxygens (including phenoxy) is 1. The first-order chi connectivity index (χ1) is 12.8. The van der Waals surface area contributed by atoms with Crippen molar-refractivity contribution in [1.29, 1.82) is 0 Å². The van der Waals surface area contributed by atoms with Crippen LogP contribution in [0.3, 0.4) is 0 Å². The summed E-state index contributed by atoms with van der Waals surface area (Å²) < 4.78 is 38.4. The second-order valence-electron chi connectivity index (χ2n) is 7.59. The van der Waals surface area contributed by atoms with E-state index in [1.54, 1.807) is 0 Å². The molecule has 1 unspecified atom stereocenters. The van der Waals surface area contributed by atoms with Crippen LogP contribution in [0.15, 0.2) is 18.2 Å². The second-order valence-corrected chi connectivity index (χ2v) is 9.11. The Balaban J connectivity index is 0.00000729. The van der Waals surface area contributed by atoms with Crippen LogP contribution in [0.1, 0.15) is 89.7 Å². The van der Waals surface area contributed by atoms with Gasteiger partial charge in [-0.2, -0.15) is 0 Å². The van der Waals surface area contributed by atoms with E-state index in [0.29, 0.717) is 0 Å². The zero-order valence-corrected chi connectivity index (χ0v) is 21.2. The average Bonchev–Trinajstić information content (AvgIpc) is 2.60. The zero-order valence-electron chi connectivity index (χ0n) is 18.3. The summed E-state index contributed by atoms with van der Waals surface area (Å²) in [5, 5.41) is 0. The second kappa shape index (κ2) is 15.7. The van der Waals surface area contributed by atoms with E-state index in [1.807, 2.05) is 6.92 Å². The van der Waals surface area contributed by atoms with Crippen molar-refractivity contribution in [2.75, 3.05) is 5.75 Å². The van der Waals surface area contributed by atoms with Crippen LogP contribution >= 0.6 is 0 Å². The molecule has 0 saturated carbocycles. The van der Waals surface area contributed by atoms with Crippen LogP contribution in [0.25, 0.3) is 0 Å². The largest absolute Gasteiger partial charge is 1.00 e. The van der Waals surface area contributed by atoms with Gasteiger partial charge in [-0.1, -0.05) is 58.4 Å². The standard InChI is InChI=1S/C22H38O4S.Na/c1-4-6-8-10-12-20-16-21(13-11-9-7-5-2)18-22(17-20)26-19(3)14-15-27(23,24)25;/h16-19H,4-15H2,1-3H3,(H,23,24,25);/q;+1/p-1. The maximum Gasteiger partial charge on any atom is 1.00 e. The molecule has 0 aliphatic rings. The van der Waals surface area contributed by atoms with Crippen LogP contribution in [-0.4, -0.2) is 24.8 Å². The van der Waals surface area contributed by atoms with E-state index >= 15 is 0 Å². The van der Waals surface area contributed by atoms with E-state index in [9.17, 15) is 13.0 Å². The van der Waals surface area contributed by atoms with E-state index in [4.69, 9.17) is 4.74 Å². The van der Waals surface area contributed by atoms with Crippen LogP contribution in [-0.2, 0) is 23.0 Å². The van der Waals surface area contributed by atoms with E-state index in [-0.39, 0.29) is 47.8 Å². The monoisotopic (exact) mass is 420 g/mol. The molecule has 4 nitrogen and oxygen atoms in total. The van der Waals surface area contributed by atoms with E-state index in [2.05, 4.69) is 32.0 Å². The Morgan fingerprint density at radius 3 is 1.82 bits per heavy atom. The summed E-state index contributed by atoms with van der Waals surface area (Å²) in [6.07, 6.45) is 11.8. The maximum atomic E-state index is 10.8. The summed E-state index contributed by atoms with van der Waals surface area (Å²) in [6.45, 7) is 6.25. The van der Waals surface area contributed by atoms with Crippen molar-refractivity contribution in [3.63, 3.8) is 0 Å². The molecule has 1 aromatic carbocycles. The minimum absolute atomic E-state index is 0. The van der Waals surface area contributed by atoms with E-state index < -0.39 is 10.1 Å². The Bertz CT molecular complexity index is 601. The normalized spacial score (nSPS) is 12.4. The Kier molecular flexibility index (Phi) is 15.7. The van der Waals surface area contributed by atoms with Crippen LogP contribution in [0.4, 0.5) is 0 Å². The molecule has 0 heterocycles. The molecule has 1 aromatic rings. The number of hydrogen-bond donors (Lipinski definition) is 0. The van der Waals surface area contributed by atoms with Gasteiger partial charge >= 0.3 is 29.6 Å². The fourth-order valence-corrected chi connectivity index (χ4v) is 3.82. The van der Waals surface area contributed by atoms with Gasteiger partial charge in [0.1, 0.15) is 5.75 Å². The summed E-state index contributed by atoms with van der Waals surface area (Å²) in [5.74, 6) is 0.415. The Morgan fingerprint density at radius 1 is 0.893 bits per heavy atom. The van der Waals surface area contributed by atoms with Gasteiger partial charge in [0.15, 0.2) is 0 Å². The molecule has 156 valence electrons. The molecule has 6 heteroatoms. The van der Waals surface area contributed by atoms with Gasteiger partial charge in [-0.25, -0.2) is 8.42 Å². The summed E-state index contributed by atoms with van der Waals surface area (Å²) >= 11 is 0. The van der Waals surface area contributed by atoms with Crippen molar-refractivity contribution < 1.29 is 47.3 Å². The Hall–Kier alpha value is -0.0700. The minimum Gasteiger partial charge on any atom is -0.748 e. The van der Waals surface area contributed by atoms with Gasteiger partial charge in [0, 0.05) is 5.75 Å². The summed E-state index contributed by atoms with van der Waals surface area (Å²) in [4.78, 5) is 0. The molecule has 0 aliphatic carbocycles. The third kappa shape index (κ3) is 14.0. The van der Waals surface area contributed by atoms with Crippen LogP contribution < -0.4 is 34.3 Å². The molecule has 0 fully saturated rings. The van der Waals surface area contributed by atoms with Gasteiger partial charge in [0.05, 0.1) is 16.2 Å². The zero-order chi connectivity index (χ0) is 20.1. The van der Waals surface area contributed by atoms with Gasteiger partial charge in [-0.05, 0) is 62.3 Å². The number of aryl methyl sites for hydroxylation is 2. The molecule has 0 amide bonds. The molecule has 0 aliphatic heterocycles. The molecule has 0 spiro atoms. The van der Waals surface area contributed by atoms with E-state index in [1.165, 1.54) is 62.5 Å². The maximum absolute atomic E-state index is 10.8. The van der Waals surface area contributed by atoms with Gasteiger partial charge in [0.25, 0.3) is 0 Å². The van der Waals surface area contributed by atoms with Crippen molar-refractivity contribution in [2.24, 2.45) is 0 Å². The Morgan fingerprint density at radius 2 is 1.39 bits per heavy atom. The first kappa shape index (κ1) is 27.9. The average molecular weight is 421 g/mol. The predicted octanol–water partition coefficient (Wildman–Crippen LogP) is 2.64. The van der Waals surface area contributed by atoms with Gasteiger partial charge in [0.2, 0.25) is 0 Å². The third-order valence-corrected chi connectivity index (χ3v) is 5.51. The van der Waals surface area contributed by atoms with Crippen LogP contribution in [0.5, 0.6) is 5.75 Å². The van der Waals surface area contributed by atoms with E-state index in [0.717, 1.165) is 18.6 Å². The Labute approximate surface area is 194 Å². The van der Waals surface area contributed by atoms with Crippen LogP contribution in [0, 0.1) is 0 Å². The van der Waals surface area contributed by atoms with Crippen molar-refractivity contribution in [2.45, 2.75) is 97.5 Å². The number of benzene rings is 1. The van der Waals surface area contributed by atoms with Crippen molar-refractivity contribution in [3.05, 3.63) is 29.3 Å². The molecule has 28 heavy (non-hydrogen) atoms. The molecule has 1 rings (SSSR count). The minimum atomic E-state index is -4.19.